The molecule has 2 rings (SSSR count). The number of unbranched alkanes of at least 4 members (excludes halogenated alkanes) is 10. The van der Waals surface area contributed by atoms with Crippen molar-refractivity contribution in [2.24, 2.45) is 0 Å². The van der Waals surface area contributed by atoms with E-state index >= 15 is 0 Å². The van der Waals surface area contributed by atoms with Crippen LogP contribution >= 0.6 is 0 Å². The van der Waals surface area contributed by atoms with Gasteiger partial charge in [0.1, 0.15) is 11.5 Å². The molecule has 0 unspecified atom stereocenters. The van der Waals surface area contributed by atoms with Gasteiger partial charge in [-0.25, -0.2) is 0 Å². The summed E-state index contributed by atoms with van der Waals surface area (Å²) in [6.45, 7) is 2.25. The fourth-order valence-corrected chi connectivity index (χ4v) is 4.14. The third-order valence-electron chi connectivity index (χ3n) is 5.38. The van der Waals surface area contributed by atoms with Crippen LogP contribution in [0.4, 0.5) is 0 Å². The van der Waals surface area contributed by atoms with Crippen LogP contribution in [-0.2, 0) is 16.5 Å². The number of hydrogen-bond donors (Lipinski definition) is 1. The topological polar surface area (TPSA) is 86.7 Å². The number of rotatable bonds is 15. The van der Waals surface area contributed by atoms with Gasteiger partial charge in [0.05, 0.1) is 4.90 Å². The Hall–Kier alpha value is -1.05. The van der Waals surface area contributed by atoms with E-state index in [4.69, 9.17) is 9.29 Å². The van der Waals surface area contributed by atoms with E-state index in [1.807, 2.05) is 12.1 Å². The maximum atomic E-state index is 11.6. The molecule has 0 aromatic heterocycles. The minimum atomic E-state index is -4.45. The Balaban J connectivity index is 0.00000512. The molecule has 32 heavy (non-hydrogen) atoms. The van der Waals surface area contributed by atoms with Gasteiger partial charge in [0.2, 0.25) is 0 Å². The van der Waals surface area contributed by atoms with E-state index in [2.05, 4.69) is 6.92 Å². The maximum absolute atomic E-state index is 11.6. The molecule has 0 aliphatic carbocycles. The van der Waals surface area contributed by atoms with E-state index in [1.54, 1.807) is 12.1 Å². The van der Waals surface area contributed by atoms with Crippen molar-refractivity contribution in [1.29, 1.82) is 0 Å². The van der Waals surface area contributed by atoms with Crippen LogP contribution < -0.4 is 39.4 Å². The molecule has 0 saturated heterocycles. The molecule has 2 aromatic carbocycles. The molecule has 2 aromatic rings. The Morgan fingerprint density at radius 2 is 1.31 bits per heavy atom. The van der Waals surface area contributed by atoms with Crippen LogP contribution in [0.25, 0.3) is 0 Å². The van der Waals surface area contributed by atoms with Gasteiger partial charge in [0.25, 0.3) is 10.1 Å². The summed E-state index contributed by atoms with van der Waals surface area (Å²) in [5.74, 6) is 0.0473. The van der Waals surface area contributed by atoms with E-state index < -0.39 is 20.8 Å². The number of benzene rings is 2. The van der Waals surface area contributed by atoms with E-state index in [1.165, 1.54) is 75.8 Å². The average Bonchev–Trinajstić information content (AvgIpc) is 2.72. The van der Waals surface area contributed by atoms with Gasteiger partial charge >= 0.3 is 29.6 Å². The Labute approximate surface area is 215 Å². The van der Waals surface area contributed by atoms with E-state index in [0.717, 1.165) is 25.0 Å². The van der Waals surface area contributed by atoms with Crippen LogP contribution in [0.2, 0.25) is 0 Å². The normalized spacial score (nSPS) is 11.2. The predicted octanol–water partition coefficient (Wildman–Crippen LogP) is 3.66. The zero-order chi connectivity index (χ0) is 22.5. The van der Waals surface area contributed by atoms with E-state index in [9.17, 15) is 13.5 Å². The van der Waals surface area contributed by atoms with Crippen molar-refractivity contribution in [3.63, 3.8) is 0 Å². The molecule has 0 aliphatic rings. The summed E-state index contributed by atoms with van der Waals surface area (Å²) in [5, 5.41) is 11.6. The van der Waals surface area contributed by atoms with Gasteiger partial charge < -0.3 is 9.84 Å². The molecule has 0 atom stereocenters. The fraction of sp³-hybridized carbons (Fsp3) is 0.520. The van der Waals surface area contributed by atoms with Crippen LogP contribution in [0.15, 0.2) is 47.4 Å². The summed E-state index contributed by atoms with van der Waals surface area (Å²) < 4.78 is 37.2. The van der Waals surface area contributed by atoms with Crippen molar-refractivity contribution in [3.8, 4) is 17.2 Å². The summed E-state index contributed by atoms with van der Waals surface area (Å²) in [4.78, 5) is -0.469. The molecular weight excluding hydrogens is 435 g/mol. The zero-order valence-corrected chi connectivity index (χ0v) is 22.3. The largest absolute Gasteiger partial charge is 1.00 e. The summed E-state index contributed by atoms with van der Waals surface area (Å²) in [7, 11) is -4.45. The first kappa shape index (κ1) is 29.0. The van der Waals surface area contributed by atoms with Crippen LogP contribution in [0.3, 0.4) is 0 Å². The van der Waals surface area contributed by atoms with Crippen LogP contribution in [-0.4, -0.2) is 13.0 Å². The third kappa shape index (κ3) is 11.7. The van der Waals surface area contributed by atoms with Crippen molar-refractivity contribution >= 4 is 10.1 Å². The summed E-state index contributed by atoms with van der Waals surface area (Å²) in [6.07, 6.45) is 15.6. The number of ether oxygens (including phenoxy) is 1. The first-order chi connectivity index (χ1) is 14.9. The maximum Gasteiger partial charge on any atom is 1.00 e. The van der Waals surface area contributed by atoms with Crippen molar-refractivity contribution in [2.45, 2.75) is 88.9 Å². The second-order valence-electron chi connectivity index (χ2n) is 8.15. The molecule has 5 nitrogen and oxygen atoms in total. The molecule has 1 N–H and O–H groups in total. The quantitative estimate of drug-likeness (QED) is 0.244. The first-order valence-electron chi connectivity index (χ1n) is 11.4. The van der Waals surface area contributed by atoms with Crippen LogP contribution in [0, 0.1) is 0 Å². The van der Waals surface area contributed by atoms with Crippen molar-refractivity contribution < 1.29 is 52.4 Å². The van der Waals surface area contributed by atoms with Gasteiger partial charge in [-0.15, -0.1) is 5.75 Å². The van der Waals surface area contributed by atoms with Gasteiger partial charge in [0, 0.05) is 6.07 Å². The smallest absolute Gasteiger partial charge is 0.872 e. The molecule has 0 radical (unpaired) electrons. The second kappa shape index (κ2) is 15.7. The van der Waals surface area contributed by atoms with Gasteiger partial charge in [-0.1, -0.05) is 83.3 Å². The van der Waals surface area contributed by atoms with Crippen molar-refractivity contribution in [3.05, 3.63) is 48.0 Å². The molecule has 0 amide bonds. The van der Waals surface area contributed by atoms with Gasteiger partial charge in [-0.05, 0) is 42.7 Å². The minimum Gasteiger partial charge on any atom is -0.872 e. The number of hydrogen-bond acceptors (Lipinski definition) is 4. The molecule has 0 fully saturated rings. The Morgan fingerprint density at radius 3 is 1.84 bits per heavy atom. The SMILES string of the molecule is CCCCCCCCCCCCCc1ccc(Oc2cc([O-])cc(S(=O)(=O)O)c2)cc1.[Na+]. The third-order valence-corrected chi connectivity index (χ3v) is 6.21. The monoisotopic (exact) mass is 470 g/mol. The van der Waals surface area contributed by atoms with E-state index in [0.29, 0.717) is 5.75 Å². The molecule has 172 valence electrons. The van der Waals surface area contributed by atoms with Gasteiger partial charge in [-0.2, -0.15) is 8.42 Å². The number of aryl methyl sites for hydroxylation is 1. The molecule has 0 bridgehead atoms. The Bertz CT molecular complexity index is 882. The summed E-state index contributed by atoms with van der Waals surface area (Å²) >= 11 is 0. The van der Waals surface area contributed by atoms with Gasteiger partial charge in [-0.3, -0.25) is 4.55 Å². The molecule has 0 spiro atoms. The molecular formula is C25H35NaO5S. The standard InChI is InChI=1S/C25H36O5S.Na/c1-2-3-4-5-6-7-8-9-10-11-12-13-21-14-16-23(17-15-21)30-24-18-22(26)19-25(20-24)31(27,28)29;/h14-20,26H,2-13H2,1H3,(H,27,28,29);/q;+1/p-1. The average molecular weight is 471 g/mol. The molecule has 0 saturated carbocycles. The molecule has 0 heterocycles. The summed E-state index contributed by atoms with van der Waals surface area (Å²) in [5.41, 5.74) is 1.22. The van der Waals surface area contributed by atoms with Crippen LogP contribution in [0.5, 0.6) is 17.2 Å². The summed E-state index contributed by atoms with van der Waals surface area (Å²) in [6, 6.07) is 10.8. The zero-order valence-electron chi connectivity index (χ0n) is 19.5. The predicted molar refractivity (Wildman–Crippen MR) is 122 cm³/mol. The fourth-order valence-electron chi connectivity index (χ4n) is 3.61. The molecule has 0 aliphatic heterocycles. The van der Waals surface area contributed by atoms with Crippen molar-refractivity contribution in [1.82, 2.24) is 0 Å². The minimum absolute atomic E-state index is 0. The molecule has 7 heteroatoms. The second-order valence-corrected chi connectivity index (χ2v) is 9.57. The Morgan fingerprint density at radius 1 is 0.781 bits per heavy atom. The van der Waals surface area contributed by atoms with Gasteiger partial charge in [0.15, 0.2) is 0 Å². The Kier molecular flexibility index (Phi) is 14.2. The van der Waals surface area contributed by atoms with Crippen LogP contribution in [0.1, 0.15) is 83.1 Å². The van der Waals surface area contributed by atoms with Crippen molar-refractivity contribution in [2.75, 3.05) is 0 Å². The van der Waals surface area contributed by atoms with E-state index in [-0.39, 0.29) is 35.3 Å². The first-order valence-corrected chi connectivity index (χ1v) is 12.9.